The van der Waals surface area contributed by atoms with E-state index in [1.165, 1.54) is 4.46 Å². The first-order chi connectivity index (χ1) is 11.7. The number of non-ortho nitro benzene ring substituents is 1. The molecule has 0 unspecified atom stereocenters. The van der Waals surface area contributed by atoms with Crippen LogP contribution in [-0.4, -0.2) is 19.9 Å². The Kier molecular flexibility index (Phi) is 5.11. The van der Waals surface area contributed by atoms with Gasteiger partial charge in [-0.05, 0) is 0 Å². The van der Waals surface area contributed by atoms with Crippen LogP contribution in [0, 0.1) is 10.1 Å². The molecule has 0 amide bonds. The van der Waals surface area contributed by atoms with Gasteiger partial charge in [-0.25, -0.2) is 0 Å². The molecular formula is C18H13N3O2Se. The minimum atomic E-state index is -0.386. The van der Waals surface area contributed by atoms with E-state index in [4.69, 9.17) is 0 Å². The van der Waals surface area contributed by atoms with Crippen LogP contribution in [0.5, 0.6) is 0 Å². The Hall–Kier alpha value is -2.82. The molecule has 0 radical (unpaired) electrons. The zero-order valence-electron chi connectivity index (χ0n) is 12.6. The van der Waals surface area contributed by atoms with Crippen molar-refractivity contribution >= 4 is 40.9 Å². The summed E-state index contributed by atoms with van der Waals surface area (Å²) in [6.07, 6.45) is 0. The van der Waals surface area contributed by atoms with Gasteiger partial charge in [0, 0.05) is 0 Å². The number of benzene rings is 3. The molecule has 5 nitrogen and oxygen atoms in total. The second kappa shape index (κ2) is 7.64. The third-order valence-corrected chi connectivity index (χ3v) is 5.29. The summed E-state index contributed by atoms with van der Waals surface area (Å²) in [6, 6.07) is 24.2. The van der Waals surface area contributed by atoms with Crippen molar-refractivity contribution in [2.75, 3.05) is 0 Å². The van der Waals surface area contributed by atoms with Crippen LogP contribution in [0.1, 0.15) is 0 Å². The topological polar surface area (TPSA) is 67.9 Å². The molecule has 6 heteroatoms. The van der Waals surface area contributed by atoms with Gasteiger partial charge < -0.3 is 0 Å². The van der Waals surface area contributed by atoms with Gasteiger partial charge in [-0.3, -0.25) is 0 Å². The van der Waals surface area contributed by atoms with Crippen molar-refractivity contribution < 1.29 is 4.92 Å². The quantitative estimate of drug-likeness (QED) is 0.293. The van der Waals surface area contributed by atoms with Gasteiger partial charge in [-0.2, -0.15) is 0 Å². The van der Waals surface area contributed by atoms with Crippen LogP contribution in [0.15, 0.2) is 89.1 Å². The summed E-state index contributed by atoms with van der Waals surface area (Å²) < 4.78 is 2.27. The van der Waals surface area contributed by atoms with Gasteiger partial charge in [0.2, 0.25) is 0 Å². The zero-order valence-corrected chi connectivity index (χ0v) is 14.3. The normalized spacial score (nSPS) is 10.8. The fraction of sp³-hybridized carbons (Fsp3) is 0. The van der Waals surface area contributed by atoms with Crippen LogP contribution in [0.2, 0.25) is 0 Å². The number of azo groups is 1. The van der Waals surface area contributed by atoms with E-state index in [1.54, 1.807) is 24.3 Å². The Balaban J connectivity index is 1.66. The molecule has 0 aromatic heterocycles. The molecule has 0 fully saturated rings. The first kappa shape index (κ1) is 16.1. The van der Waals surface area contributed by atoms with Crippen LogP contribution in [-0.2, 0) is 0 Å². The molecule has 0 heterocycles. The van der Waals surface area contributed by atoms with E-state index in [0.717, 1.165) is 15.8 Å². The van der Waals surface area contributed by atoms with Crippen LogP contribution < -0.4 is 8.92 Å². The summed E-state index contributed by atoms with van der Waals surface area (Å²) in [4.78, 5) is 10.3. The molecule has 24 heavy (non-hydrogen) atoms. The number of nitro benzene ring substituents is 1. The Bertz CT molecular complexity index is 848. The molecule has 0 aliphatic heterocycles. The van der Waals surface area contributed by atoms with Crippen molar-refractivity contribution in [3.63, 3.8) is 0 Å². The number of nitro groups is 1. The van der Waals surface area contributed by atoms with Gasteiger partial charge in [-0.1, -0.05) is 0 Å². The van der Waals surface area contributed by atoms with Gasteiger partial charge in [0.1, 0.15) is 0 Å². The predicted molar refractivity (Wildman–Crippen MR) is 95.2 cm³/mol. The summed E-state index contributed by atoms with van der Waals surface area (Å²) in [6.45, 7) is 0. The molecule has 0 saturated heterocycles. The molecular weight excluding hydrogens is 369 g/mol. The van der Waals surface area contributed by atoms with Crippen molar-refractivity contribution in [2.45, 2.75) is 0 Å². The third-order valence-electron chi connectivity index (χ3n) is 3.16. The summed E-state index contributed by atoms with van der Waals surface area (Å²) in [5.74, 6) is 0. The van der Waals surface area contributed by atoms with Gasteiger partial charge >= 0.3 is 145 Å². The molecule has 3 rings (SSSR count). The third kappa shape index (κ3) is 4.35. The predicted octanol–water partition coefficient (Wildman–Crippen LogP) is 3.67. The number of hydrogen-bond donors (Lipinski definition) is 0. The van der Waals surface area contributed by atoms with Gasteiger partial charge in [0.25, 0.3) is 0 Å². The van der Waals surface area contributed by atoms with Crippen molar-refractivity contribution in [1.29, 1.82) is 0 Å². The van der Waals surface area contributed by atoms with E-state index in [2.05, 4.69) is 10.2 Å². The fourth-order valence-electron chi connectivity index (χ4n) is 1.96. The summed E-state index contributed by atoms with van der Waals surface area (Å²) in [7, 11) is 0. The van der Waals surface area contributed by atoms with Crippen LogP contribution >= 0.6 is 0 Å². The second-order valence-electron chi connectivity index (χ2n) is 4.88. The molecule has 0 bridgehead atoms. The van der Waals surface area contributed by atoms with Crippen LogP contribution in [0.3, 0.4) is 0 Å². The molecule has 0 spiro atoms. The van der Waals surface area contributed by atoms with E-state index < -0.39 is 0 Å². The Morgan fingerprint density at radius 1 is 0.708 bits per heavy atom. The van der Waals surface area contributed by atoms with Crippen molar-refractivity contribution in [1.82, 2.24) is 0 Å². The van der Waals surface area contributed by atoms with E-state index in [1.807, 2.05) is 54.6 Å². The van der Waals surface area contributed by atoms with Gasteiger partial charge in [-0.15, -0.1) is 0 Å². The maximum absolute atomic E-state index is 10.7. The van der Waals surface area contributed by atoms with E-state index in [9.17, 15) is 10.1 Å². The monoisotopic (exact) mass is 383 g/mol. The number of nitrogens with zero attached hydrogens (tertiary/aromatic N) is 3. The SMILES string of the molecule is O=[N+]([O-])c1ccc([Se]c2ccc(N=Nc3ccccc3)cc2)cc1. The van der Waals surface area contributed by atoms with Crippen molar-refractivity contribution in [3.8, 4) is 0 Å². The van der Waals surface area contributed by atoms with Gasteiger partial charge in [0.15, 0.2) is 0 Å². The fourth-order valence-corrected chi connectivity index (χ4v) is 3.68. The summed E-state index contributed by atoms with van der Waals surface area (Å²) in [5.41, 5.74) is 1.73. The second-order valence-corrected chi connectivity index (χ2v) is 7.29. The molecule has 0 atom stereocenters. The Morgan fingerprint density at radius 3 is 1.75 bits per heavy atom. The van der Waals surface area contributed by atoms with E-state index in [0.29, 0.717) is 0 Å². The Labute approximate surface area is 145 Å². The molecule has 0 aliphatic carbocycles. The maximum atomic E-state index is 10.7. The first-order valence-corrected chi connectivity index (χ1v) is 8.91. The molecule has 0 aliphatic rings. The molecule has 3 aromatic rings. The standard InChI is InChI=1S/C18H13N3O2Se/c22-21(23)16-8-12-18(13-9-16)24-17-10-6-15(7-11-17)20-19-14-4-2-1-3-5-14/h1-13H. The number of rotatable bonds is 5. The van der Waals surface area contributed by atoms with Crippen molar-refractivity contribution in [2.24, 2.45) is 10.2 Å². The average molecular weight is 382 g/mol. The molecule has 0 N–H and O–H groups in total. The molecule has 0 saturated carbocycles. The van der Waals surface area contributed by atoms with E-state index in [-0.39, 0.29) is 25.6 Å². The minimum absolute atomic E-state index is 0.101. The van der Waals surface area contributed by atoms with E-state index >= 15 is 0 Å². The first-order valence-electron chi connectivity index (χ1n) is 7.20. The average Bonchev–Trinajstić information content (AvgIpc) is 2.62. The van der Waals surface area contributed by atoms with Gasteiger partial charge in [0.05, 0.1) is 0 Å². The molecule has 3 aromatic carbocycles. The molecule has 118 valence electrons. The van der Waals surface area contributed by atoms with Crippen LogP contribution in [0.25, 0.3) is 0 Å². The summed E-state index contributed by atoms with van der Waals surface area (Å²) in [5, 5.41) is 19.1. The van der Waals surface area contributed by atoms with Crippen molar-refractivity contribution in [3.05, 3.63) is 89.0 Å². The summed E-state index contributed by atoms with van der Waals surface area (Å²) >= 11 is 0.101. The van der Waals surface area contributed by atoms with Crippen LogP contribution in [0.4, 0.5) is 17.1 Å². The Morgan fingerprint density at radius 2 is 1.21 bits per heavy atom. The number of hydrogen-bond acceptors (Lipinski definition) is 4. The zero-order chi connectivity index (χ0) is 16.8.